The number of nitrogens with one attached hydrogen (secondary N) is 2. The number of fused-ring (bicyclic) bond motifs is 1. The van der Waals surface area contributed by atoms with Crippen molar-refractivity contribution in [2.24, 2.45) is 5.10 Å². The van der Waals surface area contributed by atoms with Gasteiger partial charge in [-0.2, -0.15) is 5.10 Å². The van der Waals surface area contributed by atoms with E-state index in [1.807, 2.05) is 24.3 Å². The summed E-state index contributed by atoms with van der Waals surface area (Å²) in [6, 6.07) is 10.6. The molecular weight excluding hydrogens is 370 g/mol. The number of nitrogens with zero attached hydrogens (tertiary/aromatic N) is 3. The lowest BCUT2D eigenvalue weighted by Gasteiger charge is -2.10. The number of hydrogen-bond donors (Lipinski definition) is 3. The van der Waals surface area contributed by atoms with Gasteiger partial charge in [0, 0.05) is 17.7 Å². The highest BCUT2D eigenvalue weighted by Crippen LogP contribution is 2.25. The number of phenols is 1. The number of hydrazone groups is 1. The number of nitro groups is 1. The van der Waals surface area contributed by atoms with Gasteiger partial charge < -0.3 is 10.4 Å². The standard InChI is InChI=1S/C17H15N5O4S/c1-10(19-17-20-13-4-2-3-5-15(13)27-17)16(24)21-18-9-11-8-12(22(25)26)6-7-14(11)23/h2-10,23H,1H3,(H,19,20)(H,21,24)/b18-9-/t10-/m0/s1. The number of carbonyl (C=O) groups excluding carboxylic acids is 1. The molecule has 138 valence electrons. The van der Waals surface area contributed by atoms with Crippen molar-refractivity contribution in [2.45, 2.75) is 13.0 Å². The number of carbonyl (C=O) groups is 1. The fourth-order valence-corrected chi connectivity index (χ4v) is 3.16. The molecule has 2 aromatic carbocycles. The minimum absolute atomic E-state index is 0.122. The molecule has 0 spiro atoms. The van der Waals surface area contributed by atoms with Crippen molar-refractivity contribution in [1.29, 1.82) is 0 Å². The summed E-state index contributed by atoms with van der Waals surface area (Å²) in [5.41, 5.74) is 3.10. The Balaban J connectivity index is 1.62. The van der Waals surface area contributed by atoms with Crippen LogP contribution in [-0.2, 0) is 4.79 Å². The number of amides is 1. The number of aromatic hydroxyl groups is 1. The van der Waals surface area contributed by atoms with E-state index in [4.69, 9.17) is 0 Å². The first-order valence-corrected chi connectivity index (χ1v) is 8.68. The van der Waals surface area contributed by atoms with Gasteiger partial charge in [0.15, 0.2) is 5.13 Å². The van der Waals surface area contributed by atoms with Gasteiger partial charge >= 0.3 is 0 Å². The Morgan fingerprint density at radius 3 is 2.89 bits per heavy atom. The number of rotatable bonds is 6. The third-order valence-corrected chi connectivity index (χ3v) is 4.60. The molecule has 3 rings (SSSR count). The highest BCUT2D eigenvalue weighted by molar-refractivity contribution is 7.22. The highest BCUT2D eigenvalue weighted by atomic mass is 32.1. The summed E-state index contributed by atoms with van der Waals surface area (Å²) in [6.07, 6.45) is 1.14. The highest BCUT2D eigenvalue weighted by Gasteiger charge is 2.14. The number of anilines is 1. The maximum absolute atomic E-state index is 12.1. The summed E-state index contributed by atoms with van der Waals surface area (Å²) in [7, 11) is 0. The summed E-state index contributed by atoms with van der Waals surface area (Å²) in [5.74, 6) is -0.602. The number of para-hydroxylation sites is 1. The largest absolute Gasteiger partial charge is 0.507 e. The van der Waals surface area contributed by atoms with E-state index in [1.165, 1.54) is 23.5 Å². The van der Waals surface area contributed by atoms with Crippen LogP contribution in [0.5, 0.6) is 5.75 Å². The summed E-state index contributed by atoms with van der Waals surface area (Å²) in [6.45, 7) is 1.65. The van der Waals surface area contributed by atoms with Gasteiger partial charge in [-0.3, -0.25) is 14.9 Å². The van der Waals surface area contributed by atoms with Crippen LogP contribution >= 0.6 is 11.3 Å². The van der Waals surface area contributed by atoms with Gasteiger partial charge in [-0.15, -0.1) is 0 Å². The van der Waals surface area contributed by atoms with Crippen molar-refractivity contribution in [3.8, 4) is 5.75 Å². The van der Waals surface area contributed by atoms with Crippen LogP contribution in [0, 0.1) is 10.1 Å². The number of nitro benzene ring substituents is 1. The van der Waals surface area contributed by atoms with E-state index < -0.39 is 16.9 Å². The van der Waals surface area contributed by atoms with Gasteiger partial charge in [-0.25, -0.2) is 10.4 Å². The van der Waals surface area contributed by atoms with Crippen LogP contribution in [-0.4, -0.2) is 33.2 Å². The van der Waals surface area contributed by atoms with E-state index in [0.29, 0.717) is 5.13 Å². The molecule has 1 heterocycles. The number of benzene rings is 2. The average Bonchev–Trinajstić information content (AvgIpc) is 3.05. The van der Waals surface area contributed by atoms with Crippen LogP contribution in [0.2, 0.25) is 0 Å². The van der Waals surface area contributed by atoms with E-state index in [0.717, 1.165) is 22.5 Å². The molecule has 0 aliphatic rings. The van der Waals surface area contributed by atoms with E-state index in [2.05, 4.69) is 20.8 Å². The van der Waals surface area contributed by atoms with Gasteiger partial charge in [-0.05, 0) is 25.1 Å². The van der Waals surface area contributed by atoms with Crippen molar-refractivity contribution in [3.63, 3.8) is 0 Å². The molecule has 0 radical (unpaired) electrons. The summed E-state index contributed by atoms with van der Waals surface area (Å²) in [4.78, 5) is 26.7. The second-order valence-corrected chi connectivity index (χ2v) is 6.62. The molecule has 3 N–H and O–H groups in total. The van der Waals surface area contributed by atoms with Crippen LogP contribution in [0.1, 0.15) is 12.5 Å². The van der Waals surface area contributed by atoms with Crippen LogP contribution in [0.3, 0.4) is 0 Å². The van der Waals surface area contributed by atoms with Gasteiger partial charge in [0.25, 0.3) is 11.6 Å². The van der Waals surface area contributed by atoms with Gasteiger partial charge in [0.1, 0.15) is 11.8 Å². The Kier molecular flexibility index (Phi) is 5.27. The zero-order chi connectivity index (χ0) is 19.4. The molecule has 0 unspecified atom stereocenters. The number of phenolic OH excluding ortho intramolecular Hbond substituents is 1. The fraction of sp³-hybridized carbons (Fsp3) is 0.118. The van der Waals surface area contributed by atoms with Crippen LogP contribution < -0.4 is 10.7 Å². The van der Waals surface area contributed by atoms with Gasteiger partial charge in [0.05, 0.1) is 21.4 Å². The van der Waals surface area contributed by atoms with Crippen LogP contribution in [0.25, 0.3) is 10.2 Å². The molecule has 27 heavy (non-hydrogen) atoms. The molecular formula is C17H15N5O4S. The molecule has 0 fully saturated rings. The monoisotopic (exact) mass is 385 g/mol. The van der Waals surface area contributed by atoms with E-state index in [-0.39, 0.29) is 17.0 Å². The Hall–Kier alpha value is -3.53. The van der Waals surface area contributed by atoms with E-state index >= 15 is 0 Å². The second-order valence-electron chi connectivity index (χ2n) is 5.59. The maximum Gasteiger partial charge on any atom is 0.270 e. The number of aromatic nitrogens is 1. The first-order chi connectivity index (χ1) is 12.9. The summed E-state index contributed by atoms with van der Waals surface area (Å²) >= 11 is 1.43. The fourth-order valence-electron chi connectivity index (χ4n) is 2.21. The first kappa shape index (κ1) is 18.3. The average molecular weight is 385 g/mol. The Bertz CT molecular complexity index is 1000. The van der Waals surface area contributed by atoms with Crippen molar-refractivity contribution in [3.05, 3.63) is 58.1 Å². The summed E-state index contributed by atoms with van der Waals surface area (Å²) in [5, 5.41) is 27.8. The van der Waals surface area contributed by atoms with Crippen molar-refractivity contribution >= 4 is 44.5 Å². The first-order valence-electron chi connectivity index (χ1n) is 7.86. The quantitative estimate of drug-likeness (QED) is 0.340. The van der Waals surface area contributed by atoms with Gasteiger partial charge in [-0.1, -0.05) is 23.5 Å². The predicted octanol–water partition coefficient (Wildman–Crippen LogP) is 2.86. The predicted molar refractivity (Wildman–Crippen MR) is 103 cm³/mol. The van der Waals surface area contributed by atoms with Crippen molar-refractivity contribution in [1.82, 2.24) is 10.4 Å². The van der Waals surface area contributed by atoms with Crippen molar-refractivity contribution in [2.75, 3.05) is 5.32 Å². The topological polar surface area (TPSA) is 130 Å². The smallest absolute Gasteiger partial charge is 0.270 e. The maximum atomic E-state index is 12.1. The van der Waals surface area contributed by atoms with E-state index in [1.54, 1.807) is 6.92 Å². The van der Waals surface area contributed by atoms with Crippen LogP contribution in [0.4, 0.5) is 10.8 Å². The molecule has 0 saturated heterocycles. The molecule has 10 heteroatoms. The van der Waals surface area contributed by atoms with Crippen molar-refractivity contribution < 1.29 is 14.8 Å². The Morgan fingerprint density at radius 2 is 2.15 bits per heavy atom. The molecule has 0 aliphatic carbocycles. The third kappa shape index (κ3) is 4.36. The molecule has 3 aromatic rings. The van der Waals surface area contributed by atoms with Crippen LogP contribution in [0.15, 0.2) is 47.6 Å². The lowest BCUT2D eigenvalue weighted by atomic mass is 10.2. The normalized spacial score (nSPS) is 12.2. The van der Waals surface area contributed by atoms with Gasteiger partial charge in [0.2, 0.25) is 0 Å². The van der Waals surface area contributed by atoms with E-state index in [9.17, 15) is 20.0 Å². The minimum Gasteiger partial charge on any atom is -0.507 e. The molecule has 0 aliphatic heterocycles. The summed E-state index contributed by atoms with van der Waals surface area (Å²) < 4.78 is 1.01. The molecule has 9 nitrogen and oxygen atoms in total. The Morgan fingerprint density at radius 1 is 1.37 bits per heavy atom. The zero-order valence-electron chi connectivity index (χ0n) is 14.1. The lowest BCUT2D eigenvalue weighted by Crippen LogP contribution is -2.34. The molecule has 1 atom stereocenters. The number of hydrogen-bond acceptors (Lipinski definition) is 8. The number of thiazole rings is 1. The molecule has 1 aromatic heterocycles. The second kappa shape index (κ2) is 7.79. The lowest BCUT2D eigenvalue weighted by molar-refractivity contribution is -0.384. The third-order valence-electron chi connectivity index (χ3n) is 3.63. The minimum atomic E-state index is -0.610. The molecule has 1 amide bonds. The number of non-ortho nitro benzene ring substituents is 1. The molecule has 0 bridgehead atoms. The zero-order valence-corrected chi connectivity index (χ0v) is 14.9. The SMILES string of the molecule is C[C@H](Nc1nc2ccccc2s1)C(=O)N/N=C\c1cc([N+](=O)[O-])ccc1O. The Labute approximate surface area is 157 Å². The molecule has 0 saturated carbocycles.